The van der Waals surface area contributed by atoms with E-state index in [-0.39, 0.29) is 0 Å². The molecule has 0 aliphatic heterocycles. The molecular formula is C13H12ClN5O. The van der Waals surface area contributed by atoms with Gasteiger partial charge in [-0.2, -0.15) is 10.1 Å². The summed E-state index contributed by atoms with van der Waals surface area (Å²) in [6.45, 7) is 0. The van der Waals surface area contributed by atoms with E-state index in [4.69, 9.17) is 21.9 Å². The summed E-state index contributed by atoms with van der Waals surface area (Å²) in [5.41, 5.74) is 7.71. The minimum atomic E-state index is -0.489. The van der Waals surface area contributed by atoms with Gasteiger partial charge in [0.1, 0.15) is 6.04 Å². The molecule has 2 aromatic heterocycles. The molecule has 1 aromatic carbocycles. The smallest absolute Gasteiger partial charge is 0.248 e. The lowest BCUT2D eigenvalue weighted by Gasteiger charge is -2.01. The van der Waals surface area contributed by atoms with Crippen LogP contribution in [0, 0.1) is 0 Å². The summed E-state index contributed by atoms with van der Waals surface area (Å²) in [7, 11) is 1.82. The molecule has 20 heavy (non-hydrogen) atoms. The highest BCUT2D eigenvalue weighted by atomic mass is 35.5. The zero-order valence-electron chi connectivity index (χ0n) is 10.7. The Bertz CT molecular complexity index is 718. The minimum Gasteiger partial charge on any atom is -0.337 e. The Morgan fingerprint density at radius 1 is 1.30 bits per heavy atom. The van der Waals surface area contributed by atoms with Gasteiger partial charge in [-0.3, -0.25) is 4.68 Å². The largest absolute Gasteiger partial charge is 0.337 e. The van der Waals surface area contributed by atoms with E-state index in [0.29, 0.717) is 16.7 Å². The van der Waals surface area contributed by atoms with Crippen LogP contribution in [0.1, 0.15) is 17.5 Å². The number of hydrogen-bond donors (Lipinski definition) is 1. The average Bonchev–Trinajstić information content (AvgIpc) is 3.08. The van der Waals surface area contributed by atoms with Crippen molar-refractivity contribution in [2.45, 2.75) is 6.04 Å². The van der Waals surface area contributed by atoms with E-state index in [1.165, 1.54) is 0 Å². The molecule has 1 unspecified atom stereocenters. The molecule has 0 saturated carbocycles. The first kappa shape index (κ1) is 12.8. The topological polar surface area (TPSA) is 82.8 Å². The Balaban J connectivity index is 1.88. The first-order valence-electron chi connectivity index (χ1n) is 5.97. The van der Waals surface area contributed by atoms with Gasteiger partial charge in [0.2, 0.25) is 11.7 Å². The molecule has 0 radical (unpaired) electrons. The number of nitrogens with zero attached hydrogens (tertiary/aromatic N) is 4. The molecule has 102 valence electrons. The fourth-order valence-corrected chi connectivity index (χ4v) is 1.95. The predicted molar refractivity (Wildman–Crippen MR) is 74.0 cm³/mol. The fraction of sp³-hybridized carbons (Fsp3) is 0.154. The summed E-state index contributed by atoms with van der Waals surface area (Å²) in [6, 6.07) is 6.71. The second kappa shape index (κ2) is 5.07. The second-order valence-electron chi connectivity index (χ2n) is 4.39. The van der Waals surface area contributed by atoms with Crippen LogP contribution in [0.4, 0.5) is 0 Å². The lowest BCUT2D eigenvalue weighted by molar-refractivity contribution is 0.367. The molecule has 1 atom stereocenters. The summed E-state index contributed by atoms with van der Waals surface area (Å²) in [6.07, 6.45) is 3.49. The van der Waals surface area contributed by atoms with E-state index >= 15 is 0 Å². The Labute approximate surface area is 120 Å². The number of benzene rings is 1. The van der Waals surface area contributed by atoms with Crippen LogP contribution in [-0.4, -0.2) is 19.9 Å². The molecule has 2 heterocycles. The van der Waals surface area contributed by atoms with Crippen molar-refractivity contribution < 1.29 is 4.52 Å². The van der Waals surface area contributed by atoms with Gasteiger partial charge < -0.3 is 10.3 Å². The predicted octanol–water partition coefficient (Wildman–Crippen LogP) is 2.17. The Morgan fingerprint density at radius 3 is 2.70 bits per heavy atom. The number of aromatic nitrogens is 4. The summed E-state index contributed by atoms with van der Waals surface area (Å²) in [5, 5.41) is 8.66. The highest BCUT2D eigenvalue weighted by Gasteiger charge is 2.18. The first-order valence-corrected chi connectivity index (χ1v) is 6.35. The van der Waals surface area contributed by atoms with E-state index in [1.807, 2.05) is 25.4 Å². The van der Waals surface area contributed by atoms with Crippen molar-refractivity contribution in [3.05, 3.63) is 53.1 Å². The Morgan fingerprint density at radius 2 is 2.05 bits per heavy atom. The molecule has 0 spiro atoms. The maximum absolute atomic E-state index is 6.07. The van der Waals surface area contributed by atoms with Crippen molar-refractivity contribution in [2.24, 2.45) is 12.8 Å². The van der Waals surface area contributed by atoms with E-state index in [9.17, 15) is 0 Å². The van der Waals surface area contributed by atoms with Crippen LogP contribution in [0.15, 0.2) is 41.2 Å². The van der Waals surface area contributed by atoms with Crippen LogP contribution in [0.2, 0.25) is 5.02 Å². The number of halogens is 1. The van der Waals surface area contributed by atoms with Crippen molar-refractivity contribution in [1.82, 2.24) is 19.9 Å². The maximum atomic E-state index is 6.07. The fourth-order valence-electron chi connectivity index (χ4n) is 1.82. The van der Waals surface area contributed by atoms with Crippen LogP contribution in [0.5, 0.6) is 0 Å². The summed E-state index contributed by atoms with van der Waals surface area (Å²) in [5.74, 6) is 0.832. The number of hydrogen-bond acceptors (Lipinski definition) is 5. The lowest BCUT2D eigenvalue weighted by Crippen LogP contribution is -2.11. The zero-order chi connectivity index (χ0) is 14.1. The molecule has 7 heteroatoms. The van der Waals surface area contributed by atoms with Gasteiger partial charge in [-0.25, -0.2) is 0 Å². The van der Waals surface area contributed by atoms with Crippen molar-refractivity contribution >= 4 is 11.6 Å². The van der Waals surface area contributed by atoms with Gasteiger partial charge in [0.25, 0.3) is 0 Å². The zero-order valence-corrected chi connectivity index (χ0v) is 11.4. The van der Waals surface area contributed by atoms with Gasteiger partial charge in [-0.1, -0.05) is 16.8 Å². The molecule has 0 aliphatic rings. The second-order valence-corrected chi connectivity index (χ2v) is 4.82. The van der Waals surface area contributed by atoms with Crippen LogP contribution in [-0.2, 0) is 7.05 Å². The third-order valence-corrected chi connectivity index (χ3v) is 3.15. The van der Waals surface area contributed by atoms with E-state index < -0.39 is 6.04 Å². The monoisotopic (exact) mass is 289 g/mol. The van der Waals surface area contributed by atoms with Gasteiger partial charge in [-0.15, -0.1) is 0 Å². The molecular weight excluding hydrogens is 278 g/mol. The van der Waals surface area contributed by atoms with E-state index in [1.54, 1.807) is 23.0 Å². The lowest BCUT2D eigenvalue weighted by atomic mass is 10.2. The van der Waals surface area contributed by atoms with Gasteiger partial charge in [0.15, 0.2) is 0 Å². The standard InChI is InChI=1S/C13H12ClN5O/c1-19-7-9(6-16-19)11(15)13-17-12(18-20-13)8-2-4-10(14)5-3-8/h2-7,11H,15H2,1H3. The third-order valence-electron chi connectivity index (χ3n) is 2.89. The molecule has 0 amide bonds. The van der Waals surface area contributed by atoms with Crippen LogP contribution in [0.25, 0.3) is 11.4 Å². The van der Waals surface area contributed by atoms with E-state index in [0.717, 1.165) is 11.1 Å². The quantitative estimate of drug-likeness (QED) is 0.799. The highest BCUT2D eigenvalue weighted by Crippen LogP contribution is 2.22. The molecule has 0 bridgehead atoms. The molecule has 3 aromatic rings. The highest BCUT2D eigenvalue weighted by molar-refractivity contribution is 6.30. The molecule has 6 nitrogen and oxygen atoms in total. The summed E-state index contributed by atoms with van der Waals surface area (Å²) in [4.78, 5) is 4.31. The maximum Gasteiger partial charge on any atom is 0.248 e. The van der Waals surface area contributed by atoms with Crippen molar-refractivity contribution in [1.29, 1.82) is 0 Å². The van der Waals surface area contributed by atoms with Crippen molar-refractivity contribution in [3.8, 4) is 11.4 Å². The number of nitrogens with two attached hydrogens (primary N) is 1. The number of rotatable bonds is 3. The average molecular weight is 290 g/mol. The van der Waals surface area contributed by atoms with Crippen molar-refractivity contribution in [3.63, 3.8) is 0 Å². The SMILES string of the molecule is Cn1cc(C(N)c2nc(-c3ccc(Cl)cc3)no2)cn1. The van der Waals surface area contributed by atoms with Gasteiger partial charge in [-0.05, 0) is 24.3 Å². The van der Waals surface area contributed by atoms with Crippen LogP contribution >= 0.6 is 11.6 Å². The Kier molecular flexibility index (Phi) is 3.25. The van der Waals surface area contributed by atoms with Crippen LogP contribution < -0.4 is 5.73 Å². The molecule has 2 N–H and O–H groups in total. The third kappa shape index (κ3) is 2.43. The molecule has 0 fully saturated rings. The van der Waals surface area contributed by atoms with E-state index in [2.05, 4.69) is 15.2 Å². The van der Waals surface area contributed by atoms with Gasteiger partial charge in [0, 0.05) is 29.4 Å². The normalized spacial score (nSPS) is 12.6. The van der Waals surface area contributed by atoms with Gasteiger partial charge in [0.05, 0.1) is 6.20 Å². The molecule has 0 saturated heterocycles. The van der Waals surface area contributed by atoms with Crippen molar-refractivity contribution in [2.75, 3.05) is 0 Å². The first-order chi connectivity index (χ1) is 9.63. The van der Waals surface area contributed by atoms with Gasteiger partial charge >= 0.3 is 0 Å². The molecule has 0 aliphatic carbocycles. The minimum absolute atomic E-state index is 0.350. The summed E-state index contributed by atoms with van der Waals surface area (Å²) >= 11 is 5.84. The Hall–Kier alpha value is -2.18. The number of aryl methyl sites for hydroxylation is 1. The molecule has 3 rings (SSSR count). The summed E-state index contributed by atoms with van der Waals surface area (Å²) < 4.78 is 6.89. The van der Waals surface area contributed by atoms with Crippen LogP contribution in [0.3, 0.4) is 0 Å².